The van der Waals surface area contributed by atoms with Gasteiger partial charge in [-0.15, -0.1) is 0 Å². The van der Waals surface area contributed by atoms with Gasteiger partial charge < -0.3 is 25.2 Å². The van der Waals surface area contributed by atoms with Crippen molar-refractivity contribution in [3.8, 4) is 0 Å². The maximum Gasteiger partial charge on any atom is 0.303 e. The lowest BCUT2D eigenvalue weighted by Gasteiger charge is -2.16. The highest BCUT2D eigenvalue weighted by atomic mass is 16.5. The SMILES string of the molecule is CC[C@@H](O)/C=C/[C@H]1O[C@H]([C@@H](O)C/C=C\C/C=C\C/C=C\CCC(=O)O)C[C@H]1O. The molecule has 6 heteroatoms. The van der Waals surface area contributed by atoms with Gasteiger partial charge in [0.25, 0.3) is 0 Å². The van der Waals surface area contributed by atoms with Crippen LogP contribution in [0, 0.1) is 0 Å². The number of hydrogen-bond acceptors (Lipinski definition) is 5. The van der Waals surface area contributed by atoms with E-state index in [0.29, 0.717) is 25.7 Å². The van der Waals surface area contributed by atoms with Crippen molar-refractivity contribution in [3.63, 3.8) is 0 Å². The Kier molecular flexibility index (Phi) is 12.4. The molecule has 0 bridgehead atoms. The van der Waals surface area contributed by atoms with Crippen molar-refractivity contribution in [1.82, 2.24) is 0 Å². The van der Waals surface area contributed by atoms with Crippen LogP contribution in [0.2, 0.25) is 0 Å². The number of hydrogen-bond donors (Lipinski definition) is 4. The van der Waals surface area contributed by atoms with E-state index in [2.05, 4.69) is 0 Å². The van der Waals surface area contributed by atoms with Gasteiger partial charge in [-0.1, -0.05) is 55.5 Å². The molecule has 0 aromatic carbocycles. The van der Waals surface area contributed by atoms with Gasteiger partial charge in [-0.3, -0.25) is 4.79 Å². The number of rotatable bonds is 13. The summed E-state index contributed by atoms with van der Waals surface area (Å²) in [7, 11) is 0. The van der Waals surface area contributed by atoms with Crippen LogP contribution in [0.4, 0.5) is 0 Å². The van der Waals surface area contributed by atoms with Gasteiger partial charge in [-0.2, -0.15) is 0 Å². The Morgan fingerprint density at radius 2 is 1.75 bits per heavy atom. The predicted molar refractivity (Wildman–Crippen MR) is 109 cm³/mol. The van der Waals surface area contributed by atoms with Crippen LogP contribution in [-0.2, 0) is 9.53 Å². The van der Waals surface area contributed by atoms with Crippen molar-refractivity contribution in [1.29, 1.82) is 0 Å². The highest BCUT2D eigenvalue weighted by molar-refractivity contribution is 5.66. The van der Waals surface area contributed by atoms with E-state index in [-0.39, 0.29) is 6.42 Å². The Hall–Kier alpha value is -1.73. The number of carbonyl (C=O) groups is 1. The second-order valence-electron chi connectivity index (χ2n) is 6.92. The van der Waals surface area contributed by atoms with E-state index in [1.54, 1.807) is 12.2 Å². The van der Waals surface area contributed by atoms with Crippen LogP contribution < -0.4 is 0 Å². The van der Waals surface area contributed by atoms with Gasteiger partial charge >= 0.3 is 5.97 Å². The van der Waals surface area contributed by atoms with Crippen LogP contribution in [0.1, 0.15) is 51.9 Å². The van der Waals surface area contributed by atoms with Gasteiger partial charge in [0, 0.05) is 12.8 Å². The Labute approximate surface area is 167 Å². The topological polar surface area (TPSA) is 107 Å². The second kappa shape index (κ2) is 14.3. The average molecular weight is 395 g/mol. The molecule has 1 rings (SSSR count). The fraction of sp³-hybridized carbons (Fsp3) is 0.591. The molecule has 1 saturated heterocycles. The van der Waals surface area contributed by atoms with Gasteiger partial charge in [-0.05, 0) is 32.1 Å². The first-order valence-electron chi connectivity index (χ1n) is 9.98. The zero-order valence-electron chi connectivity index (χ0n) is 16.6. The molecule has 1 aliphatic heterocycles. The van der Waals surface area contributed by atoms with E-state index in [0.717, 1.165) is 12.8 Å². The van der Waals surface area contributed by atoms with Crippen LogP contribution in [0.3, 0.4) is 0 Å². The molecule has 1 heterocycles. The first kappa shape index (κ1) is 24.3. The minimum atomic E-state index is -0.785. The molecule has 0 aliphatic carbocycles. The van der Waals surface area contributed by atoms with E-state index >= 15 is 0 Å². The van der Waals surface area contributed by atoms with E-state index in [1.165, 1.54) is 0 Å². The first-order valence-corrected chi connectivity index (χ1v) is 9.98. The zero-order chi connectivity index (χ0) is 20.8. The van der Waals surface area contributed by atoms with E-state index in [4.69, 9.17) is 9.84 Å². The summed E-state index contributed by atoms with van der Waals surface area (Å²) in [5.41, 5.74) is 0. The number of carboxylic acids is 1. The lowest BCUT2D eigenvalue weighted by Crippen LogP contribution is -2.25. The van der Waals surface area contributed by atoms with Crippen molar-refractivity contribution in [2.75, 3.05) is 0 Å². The lowest BCUT2D eigenvalue weighted by molar-refractivity contribution is -0.136. The third kappa shape index (κ3) is 10.6. The molecule has 1 aliphatic rings. The quantitative estimate of drug-likeness (QED) is 0.358. The van der Waals surface area contributed by atoms with E-state index < -0.39 is 36.5 Å². The van der Waals surface area contributed by atoms with Gasteiger partial charge in [-0.25, -0.2) is 0 Å². The van der Waals surface area contributed by atoms with Crippen molar-refractivity contribution in [3.05, 3.63) is 48.6 Å². The summed E-state index contributed by atoms with van der Waals surface area (Å²) in [6.45, 7) is 1.87. The van der Waals surface area contributed by atoms with E-state index in [1.807, 2.05) is 43.4 Å². The number of ether oxygens (including phenoxy) is 1. The molecule has 6 nitrogen and oxygen atoms in total. The second-order valence-corrected chi connectivity index (χ2v) is 6.92. The zero-order valence-corrected chi connectivity index (χ0v) is 16.6. The Morgan fingerprint density at radius 1 is 1.11 bits per heavy atom. The maximum absolute atomic E-state index is 10.4. The Bertz CT molecular complexity index is 551. The minimum absolute atomic E-state index is 0.157. The number of carboxylic acid groups (broad SMARTS) is 1. The van der Waals surface area contributed by atoms with Gasteiger partial charge in [0.15, 0.2) is 0 Å². The molecule has 0 amide bonds. The van der Waals surface area contributed by atoms with Gasteiger partial charge in [0.2, 0.25) is 0 Å². The molecule has 1 fully saturated rings. The van der Waals surface area contributed by atoms with Crippen LogP contribution >= 0.6 is 0 Å². The van der Waals surface area contributed by atoms with Crippen molar-refractivity contribution < 1.29 is 30.0 Å². The largest absolute Gasteiger partial charge is 0.481 e. The smallest absolute Gasteiger partial charge is 0.303 e. The summed E-state index contributed by atoms with van der Waals surface area (Å²) < 4.78 is 5.70. The molecule has 0 saturated carbocycles. The highest BCUT2D eigenvalue weighted by Gasteiger charge is 2.35. The molecule has 0 aromatic rings. The summed E-state index contributed by atoms with van der Waals surface area (Å²) in [6, 6.07) is 0. The standard InChI is InChI=1S/C22H34O6/c1-2-17(23)14-15-20-19(25)16-21(28-20)18(24)12-10-8-6-4-3-5-7-9-11-13-22(26)27/h3-4,7-10,14-15,17-21,23-25H,2,5-6,11-13,16H2,1H3,(H,26,27)/b4-3-,9-7-,10-8-,15-14+/t17-,18+,19-,20-,21+/m1/s1. The molecule has 5 atom stereocenters. The normalized spacial score (nSPS) is 25.5. The van der Waals surface area contributed by atoms with Crippen molar-refractivity contribution >= 4 is 5.97 Å². The molecule has 0 spiro atoms. The third-order valence-electron chi connectivity index (χ3n) is 4.50. The molecular weight excluding hydrogens is 360 g/mol. The van der Waals surface area contributed by atoms with Gasteiger partial charge in [0.05, 0.1) is 24.4 Å². The average Bonchev–Trinajstić information content (AvgIpc) is 3.04. The fourth-order valence-electron chi connectivity index (χ4n) is 2.77. The predicted octanol–water partition coefficient (Wildman–Crippen LogP) is 2.90. The maximum atomic E-state index is 10.4. The van der Waals surface area contributed by atoms with Gasteiger partial charge in [0.1, 0.15) is 6.10 Å². The Balaban J connectivity index is 2.22. The van der Waals surface area contributed by atoms with Crippen molar-refractivity contribution in [2.45, 2.75) is 82.4 Å². The summed E-state index contributed by atoms with van der Waals surface area (Å²) >= 11 is 0. The number of allylic oxidation sites excluding steroid dienone is 5. The summed E-state index contributed by atoms with van der Waals surface area (Å²) in [4.78, 5) is 10.4. The van der Waals surface area contributed by atoms with Crippen LogP contribution in [0.15, 0.2) is 48.6 Å². The fourth-order valence-corrected chi connectivity index (χ4v) is 2.77. The van der Waals surface area contributed by atoms with Crippen molar-refractivity contribution in [2.24, 2.45) is 0 Å². The summed E-state index contributed by atoms with van der Waals surface area (Å²) in [5, 5.41) is 38.3. The minimum Gasteiger partial charge on any atom is -0.481 e. The lowest BCUT2D eigenvalue weighted by atomic mass is 10.0. The number of aliphatic hydroxyl groups excluding tert-OH is 3. The van der Waals surface area contributed by atoms with E-state index in [9.17, 15) is 20.1 Å². The molecule has 158 valence electrons. The molecule has 28 heavy (non-hydrogen) atoms. The molecular formula is C22H34O6. The van der Waals surface area contributed by atoms with Crippen LogP contribution in [0.25, 0.3) is 0 Å². The summed E-state index contributed by atoms with van der Waals surface area (Å²) in [5.74, 6) is -0.785. The number of aliphatic hydroxyl groups is 3. The Morgan fingerprint density at radius 3 is 2.39 bits per heavy atom. The molecule has 0 unspecified atom stereocenters. The molecule has 4 N–H and O–H groups in total. The third-order valence-corrected chi connectivity index (χ3v) is 4.50. The molecule has 0 radical (unpaired) electrons. The monoisotopic (exact) mass is 394 g/mol. The first-order chi connectivity index (χ1) is 13.4. The summed E-state index contributed by atoms with van der Waals surface area (Å²) in [6.07, 6.45) is 15.9. The van der Waals surface area contributed by atoms with Crippen LogP contribution in [0.5, 0.6) is 0 Å². The van der Waals surface area contributed by atoms with Crippen LogP contribution in [-0.4, -0.2) is 56.9 Å². The molecule has 0 aromatic heterocycles. The highest BCUT2D eigenvalue weighted by Crippen LogP contribution is 2.25. The number of aliphatic carboxylic acids is 1.